The third kappa shape index (κ3) is 4.59. The third-order valence-corrected chi connectivity index (χ3v) is 4.58. The highest BCUT2D eigenvalue weighted by Crippen LogP contribution is 2.27. The van der Waals surface area contributed by atoms with Gasteiger partial charge in [0.25, 0.3) is 5.91 Å². The number of thiazole rings is 1. The molecule has 1 N–H and O–H groups in total. The Kier molecular flexibility index (Phi) is 5.68. The van der Waals surface area contributed by atoms with E-state index in [1.54, 1.807) is 5.38 Å². The highest BCUT2D eigenvalue weighted by atomic mass is 35.5. The topological polar surface area (TPSA) is 51.2 Å². The molecule has 0 aliphatic carbocycles. The van der Waals surface area contributed by atoms with Crippen molar-refractivity contribution in [3.05, 3.63) is 70.2 Å². The molecule has 128 valence electrons. The van der Waals surface area contributed by atoms with Gasteiger partial charge in [0, 0.05) is 22.5 Å². The number of hydrogen-bond acceptors (Lipinski definition) is 4. The maximum absolute atomic E-state index is 11.8. The number of halogens is 1. The number of benzene rings is 2. The number of aromatic nitrogens is 1. The minimum atomic E-state index is -0.154. The normalized spacial score (nSPS) is 10.5. The molecular weight excluding hydrogens is 356 g/mol. The fourth-order valence-corrected chi connectivity index (χ4v) is 3.28. The zero-order valence-electron chi connectivity index (χ0n) is 13.7. The monoisotopic (exact) mass is 372 g/mol. The molecule has 1 aromatic heterocycles. The van der Waals surface area contributed by atoms with Gasteiger partial charge in [-0.05, 0) is 36.8 Å². The molecule has 3 rings (SSSR count). The summed E-state index contributed by atoms with van der Waals surface area (Å²) >= 11 is 7.42. The predicted molar refractivity (Wildman–Crippen MR) is 101 cm³/mol. The van der Waals surface area contributed by atoms with E-state index < -0.39 is 0 Å². The molecule has 1 heterocycles. The van der Waals surface area contributed by atoms with Crippen molar-refractivity contribution in [3.8, 4) is 16.3 Å². The molecule has 1 amide bonds. The minimum Gasteiger partial charge on any atom is -0.489 e. The number of nitrogens with one attached hydrogen (secondary N) is 1. The molecule has 4 nitrogen and oxygen atoms in total. The first kappa shape index (κ1) is 17.5. The van der Waals surface area contributed by atoms with Crippen LogP contribution in [0.25, 0.3) is 10.6 Å². The van der Waals surface area contributed by atoms with Crippen LogP contribution in [0.5, 0.6) is 5.75 Å². The van der Waals surface area contributed by atoms with Crippen LogP contribution in [0.15, 0.2) is 53.9 Å². The number of rotatable bonds is 6. The Bertz CT molecular complexity index is 879. The number of carbonyl (C=O) groups excluding carboxylic acids is 1. The van der Waals surface area contributed by atoms with E-state index in [2.05, 4.69) is 10.3 Å². The first-order valence-corrected chi connectivity index (χ1v) is 9.13. The fourth-order valence-electron chi connectivity index (χ4n) is 2.27. The van der Waals surface area contributed by atoms with E-state index in [-0.39, 0.29) is 5.91 Å². The Hall–Kier alpha value is -2.37. The van der Waals surface area contributed by atoms with Gasteiger partial charge in [-0.25, -0.2) is 4.98 Å². The maximum atomic E-state index is 11.8. The van der Waals surface area contributed by atoms with Gasteiger partial charge in [0.15, 0.2) is 0 Å². The Balaban J connectivity index is 1.72. The highest BCUT2D eigenvalue weighted by Gasteiger charge is 2.11. The molecule has 0 fully saturated rings. The van der Waals surface area contributed by atoms with E-state index in [4.69, 9.17) is 16.3 Å². The summed E-state index contributed by atoms with van der Waals surface area (Å²) in [4.78, 5) is 16.2. The van der Waals surface area contributed by atoms with Gasteiger partial charge >= 0.3 is 0 Å². The zero-order valence-corrected chi connectivity index (χ0v) is 15.2. The standard InChI is InChI=1S/C19H17ClN2O2S/c1-2-21-18(23)17-12-25-19(22-17)14-6-4-8-16(10-14)24-11-13-5-3-7-15(20)9-13/h3-10,12H,2,11H2,1H3,(H,21,23). The van der Waals surface area contributed by atoms with Crippen LogP contribution in [0.3, 0.4) is 0 Å². The average Bonchev–Trinajstić information content (AvgIpc) is 3.11. The zero-order chi connectivity index (χ0) is 17.6. The SMILES string of the molecule is CCNC(=O)c1csc(-c2cccc(OCc3cccc(Cl)c3)c2)n1. The van der Waals surface area contributed by atoms with Crippen LogP contribution in [-0.4, -0.2) is 17.4 Å². The van der Waals surface area contributed by atoms with Crippen LogP contribution in [0.1, 0.15) is 23.0 Å². The van der Waals surface area contributed by atoms with Gasteiger partial charge in [-0.15, -0.1) is 11.3 Å². The van der Waals surface area contributed by atoms with Crippen molar-refractivity contribution in [1.82, 2.24) is 10.3 Å². The largest absolute Gasteiger partial charge is 0.489 e. The van der Waals surface area contributed by atoms with Gasteiger partial charge < -0.3 is 10.1 Å². The van der Waals surface area contributed by atoms with Crippen LogP contribution < -0.4 is 10.1 Å². The van der Waals surface area contributed by atoms with Crippen LogP contribution >= 0.6 is 22.9 Å². The van der Waals surface area contributed by atoms with Crippen LogP contribution in [-0.2, 0) is 6.61 Å². The van der Waals surface area contributed by atoms with Gasteiger partial charge in [0.1, 0.15) is 23.1 Å². The van der Waals surface area contributed by atoms with Crippen LogP contribution in [0.2, 0.25) is 5.02 Å². The third-order valence-electron chi connectivity index (χ3n) is 3.45. The van der Waals surface area contributed by atoms with Crippen molar-refractivity contribution in [2.45, 2.75) is 13.5 Å². The van der Waals surface area contributed by atoms with Crippen molar-refractivity contribution < 1.29 is 9.53 Å². The Labute approximate surface area is 155 Å². The summed E-state index contributed by atoms with van der Waals surface area (Å²) in [6.45, 7) is 2.90. The molecule has 0 aliphatic rings. The fraction of sp³-hybridized carbons (Fsp3) is 0.158. The molecule has 25 heavy (non-hydrogen) atoms. The second kappa shape index (κ2) is 8.14. The van der Waals surface area contributed by atoms with Crippen molar-refractivity contribution in [1.29, 1.82) is 0 Å². The molecule has 2 aromatic carbocycles. The van der Waals surface area contributed by atoms with E-state index >= 15 is 0 Å². The minimum absolute atomic E-state index is 0.154. The molecule has 0 radical (unpaired) electrons. The van der Waals surface area contributed by atoms with Crippen LogP contribution in [0.4, 0.5) is 0 Å². The molecule has 0 saturated heterocycles. The molecule has 0 atom stereocenters. The molecule has 0 bridgehead atoms. The summed E-state index contributed by atoms with van der Waals surface area (Å²) in [7, 11) is 0. The lowest BCUT2D eigenvalue weighted by Gasteiger charge is -2.07. The average molecular weight is 373 g/mol. The van der Waals surface area contributed by atoms with E-state index in [0.29, 0.717) is 23.9 Å². The van der Waals surface area contributed by atoms with Gasteiger partial charge in [-0.1, -0.05) is 35.9 Å². The number of carbonyl (C=O) groups is 1. The first-order valence-electron chi connectivity index (χ1n) is 7.87. The van der Waals surface area contributed by atoms with Gasteiger partial charge in [-0.2, -0.15) is 0 Å². The lowest BCUT2D eigenvalue weighted by Crippen LogP contribution is -2.22. The summed E-state index contributed by atoms with van der Waals surface area (Å²) < 4.78 is 5.84. The van der Waals surface area contributed by atoms with Crippen molar-refractivity contribution >= 4 is 28.8 Å². The van der Waals surface area contributed by atoms with Gasteiger partial charge in [0.05, 0.1) is 0 Å². The van der Waals surface area contributed by atoms with Crippen LogP contribution in [0, 0.1) is 0 Å². The molecule has 0 spiro atoms. The molecule has 0 saturated carbocycles. The van der Waals surface area contributed by atoms with E-state index in [9.17, 15) is 4.79 Å². The smallest absolute Gasteiger partial charge is 0.270 e. The quantitative estimate of drug-likeness (QED) is 0.676. The van der Waals surface area contributed by atoms with Gasteiger partial charge in [-0.3, -0.25) is 4.79 Å². The first-order chi connectivity index (χ1) is 12.2. The number of ether oxygens (including phenoxy) is 1. The molecule has 6 heteroatoms. The van der Waals surface area contributed by atoms with E-state index in [1.165, 1.54) is 11.3 Å². The Morgan fingerprint density at radius 2 is 2.08 bits per heavy atom. The van der Waals surface area contributed by atoms with Crippen molar-refractivity contribution in [2.75, 3.05) is 6.54 Å². The molecule has 3 aromatic rings. The van der Waals surface area contributed by atoms with Gasteiger partial charge in [0.2, 0.25) is 0 Å². The maximum Gasteiger partial charge on any atom is 0.270 e. The summed E-state index contributed by atoms with van der Waals surface area (Å²) in [6, 6.07) is 15.3. The van der Waals surface area contributed by atoms with E-state index in [1.807, 2.05) is 55.5 Å². The highest BCUT2D eigenvalue weighted by molar-refractivity contribution is 7.13. The molecular formula is C19H17ClN2O2S. The molecule has 0 aliphatic heterocycles. The summed E-state index contributed by atoms with van der Waals surface area (Å²) in [5.41, 5.74) is 2.36. The van der Waals surface area contributed by atoms with Crippen molar-refractivity contribution in [3.63, 3.8) is 0 Å². The second-order valence-corrected chi connectivity index (χ2v) is 6.64. The lowest BCUT2D eigenvalue weighted by molar-refractivity contribution is 0.0951. The Morgan fingerprint density at radius 1 is 1.24 bits per heavy atom. The second-order valence-electron chi connectivity index (χ2n) is 5.34. The lowest BCUT2D eigenvalue weighted by atomic mass is 10.2. The predicted octanol–water partition coefficient (Wildman–Crippen LogP) is 4.79. The number of hydrogen-bond donors (Lipinski definition) is 1. The number of amides is 1. The summed E-state index contributed by atoms with van der Waals surface area (Å²) in [5.74, 6) is 0.589. The summed E-state index contributed by atoms with van der Waals surface area (Å²) in [6.07, 6.45) is 0. The molecule has 0 unspecified atom stereocenters. The Morgan fingerprint density at radius 3 is 2.88 bits per heavy atom. The summed E-state index contributed by atoms with van der Waals surface area (Å²) in [5, 5.41) is 5.99. The van der Waals surface area contributed by atoms with Crippen molar-refractivity contribution in [2.24, 2.45) is 0 Å². The number of nitrogens with zero attached hydrogens (tertiary/aromatic N) is 1. The van der Waals surface area contributed by atoms with E-state index in [0.717, 1.165) is 21.9 Å².